The molecule has 42 valence electrons. The highest BCUT2D eigenvalue weighted by Gasteiger charge is 2.29. The molecular weight excluding hydrogens is 135 g/mol. The van der Waals surface area contributed by atoms with E-state index in [4.69, 9.17) is 9.79 Å². The van der Waals surface area contributed by atoms with Crippen LogP contribution in [0.25, 0.3) is 0 Å². The molecule has 6 heteroatoms. The van der Waals surface area contributed by atoms with Crippen molar-refractivity contribution in [2.45, 2.75) is 0 Å². The zero-order valence-corrected chi connectivity index (χ0v) is 5.12. The molecule has 0 aromatic heterocycles. The Morgan fingerprint density at radius 3 is 2.14 bits per heavy atom. The lowest BCUT2D eigenvalue weighted by Crippen LogP contribution is -1.93. The van der Waals surface area contributed by atoms with Crippen LogP contribution in [0.3, 0.4) is 0 Å². The number of hydrogen-bond acceptors (Lipinski definition) is 2. The molecule has 4 nitrogen and oxygen atoms in total. The van der Waals surface area contributed by atoms with Crippen LogP contribution in [-0.4, -0.2) is 21.2 Å². The Morgan fingerprint density at radius 2 is 2.14 bits per heavy atom. The minimum atomic E-state index is -3.07. The van der Waals surface area contributed by atoms with Crippen molar-refractivity contribution in [2.24, 2.45) is 0 Å². The highest BCUT2D eigenvalue weighted by Crippen LogP contribution is 2.42. The molecule has 0 spiro atoms. The fourth-order valence-corrected chi connectivity index (χ4v) is 0.994. The van der Waals surface area contributed by atoms with Crippen LogP contribution < -0.4 is 5.43 Å². The van der Waals surface area contributed by atoms with Gasteiger partial charge < -0.3 is 9.79 Å². The summed E-state index contributed by atoms with van der Waals surface area (Å²) in [4.78, 5) is 17.0. The van der Waals surface area contributed by atoms with E-state index in [2.05, 4.69) is 17.2 Å². The smallest absolute Gasteiger partial charge is 0.273 e. The topological polar surface area (TPSA) is 65.4 Å². The van der Waals surface area contributed by atoms with Crippen molar-refractivity contribution in [3.63, 3.8) is 0 Å². The van der Waals surface area contributed by atoms with Gasteiger partial charge in [-0.3, -0.25) is 0 Å². The Hall–Kier alpha value is 0.490. The quantitative estimate of drug-likeness (QED) is 0.321. The third kappa shape index (κ3) is 1.45. The van der Waals surface area contributed by atoms with Gasteiger partial charge in [-0.15, -0.1) is 0 Å². The fourth-order valence-electron chi connectivity index (χ4n) is 0.216. The first-order valence-corrected chi connectivity index (χ1v) is 4.34. The number of rotatable bonds is 1. The van der Waals surface area contributed by atoms with Gasteiger partial charge in [-0.05, 0) is 11.8 Å². The monoisotopic (exact) mass is 140 g/mol. The summed E-state index contributed by atoms with van der Waals surface area (Å²) in [5.74, 6) is 0. The number of nitrogens with one attached hydrogen (secondary N) is 1. The normalized spacial score (nSPS) is 30.3. The second kappa shape index (κ2) is 1.48. The first-order chi connectivity index (χ1) is 3.11. The average molecular weight is 140 g/mol. The highest BCUT2D eigenvalue weighted by molar-refractivity contribution is 8.07. The molecule has 0 saturated carbocycles. The Morgan fingerprint density at radius 1 is 1.71 bits per heavy atom. The minimum Gasteiger partial charge on any atom is -0.333 e. The molecule has 0 radical (unpaired) electrons. The van der Waals surface area contributed by atoms with Gasteiger partial charge in [0.1, 0.15) is 0 Å². The summed E-state index contributed by atoms with van der Waals surface area (Å²) in [7, 11) is 0. The predicted molar refractivity (Wildman–Crippen MR) is 28.6 cm³/mol. The summed E-state index contributed by atoms with van der Waals surface area (Å²) in [6, 6.07) is 0. The van der Waals surface area contributed by atoms with Crippen LogP contribution in [0.2, 0.25) is 0 Å². The van der Waals surface area contributed by atoms with E-state index in [-0.39, 0.29) is 0 Å². The van der Waals surface area contributed by atoms with Crippen LogP contribution in [0.1, 0.15) is 0 Å². The molecule has 0 aromatic rings. The maximum Gasteiger partial charge on any atom is 0.273 e. The molecule has 0 aliphatic carbocycles. The Kier molecular flexibility index (Phi) is 1.19. The summed E-state index contributed by atoms with van der Waals surface area (Å²) < 4.78 is 1.22. The average Bonchev–Trinajstić information content (AvgIpc) is 1.99. The Labute approximate surface area is 46.0 Å². The number of hydrogen-bond donors (Lipinski definition) is 3. The lowest BCUT2D eigenvalue weighted by atomic mass is 11.4. The molecule has 7 heavy (non-hydrogen) atoms. The second-order valence-electron chi connectivity index (χ2n) is 1.23. The Bertz CT molecular complexity index is 117. The van der Waals surface area contributed by atoms with E-state index in [1.54, 1.807) is 0 Å². The zero-order valence-electron chi connectivity index (χ0n) is 3.40. The molecule has 1 fully saturated rings. The summed E-state index contributed by atoms with van der Waals surface area (Å²) in [6.07, 6.45) is 0. The van der Waals surface area contributed by atoms with Gasteiger partial charge >= 0.3 is 0 Å². The highest BCUT2D eigenvalue weighted by atomic mass is 32.5. The standard InChI is InChI=1S/CH5N2O2PS/c4-6(5,7)3-1-2-3/h2H,1H2,(H2,4,5,7). The van der Waals surface area contributed by atoms with E-state index in [1.807, 2.05) is 0 Å². The summed E-state index contributed by atoms with van der Waals surface area (Å²) in [5.41, 5.74) is 2.55. The molecule has 1 aliphatic rings. The van der Waals surface area contributed by atoms with Gasteiger partial charge in [0.2, 0.25) is 0 Å². The Balaban J connectivity index is 2.52. The zero-order chi connectivity index (χ0) is 5.49. The van der Waals surface area contributed by atoms with Gasteiger partial charge in [-0.2, -0.15) is 4.78 Å². The second-order valence-corrected chi connectivity index (χ2v) is 4.21. The van der Waals surface area contributed by atoms with Crippen LogP contribution in [-0.2, 0) is 11.8 Å². The lowest BCUT2D eigenvalue weighted by Gasteiger charge is -2.01. The van der Waals surface area contributed by atoms with E-state index in [0.717, 1.165) is 0 Å². The maximum atomic E-state index is 8.50. The fraction of sp³-hybridized carbons (Fsp3) is 1.00. The maximum absolute atomic E-state index is 8.50. The van der Waals surface area contributed by atoms with Crippen LogP contribution in [0.15, 0.2) is 0 Å². The first-order valence-electron chi connectivity index (χ1n) is 1.68. The van der Waals surface area contributed by atoms with Crippen LogP contribution >= 0.6 is 6.64 Å². The SMILES string of the molecule is OP(O)(=S)N1CN1. The molecule has 1 rings (SSSR count). The van der Waals surface area contributed by atoms with Crippen molar-refractivity contribution in [3.8, 4) is 0 Å². The van der Waals surface area contributed by atoms with Crippen molar-refractivity contribution in [1.29, 1.82) is 0 Å². The third-order valence-electron chi connectivity index (χ3n) is 0.614. The molecule has 1 heterocycles. The summed E-state index contributed by atoms with van der Waals surface area (Å²) >= 11 is 4.26. The molecule has 0 bridgehead atoms. The molecule has 0 amide bonds. The molecule has 1 saturated heterocycles. The van der Waals surface area contributed by atoms with Crippen LogP contribution in [0.4, 0.5) is 0 Å². The third-order valence-corrected chi connectivity index (χ3v) is 2.12. The van der Waals surface area contributed by atoms with E-state index < -0.39 is 6.64 Å². The number of hydrazine groups is 1. The van der Waals surface area contributed by atoms with Gasteiger partial charge in [0.15, 0.2) is 0 Å². The van der Waals surface area contributed by atoms with Gasteiger partial charge in [-0.1, -0.05) is 0 Å². The molecule has 3 N–H and O–H groups in total. The van der Waals surface area contributed by atoms with Crippen molar-refractivity contribution in [2.75, 3.05) is 6.67 Å². The molecular formula is CH5N2O2PS. The van der Waals surface area contributed by atoms with Gasteiger partial charge in [-0.25, -0.2) is 5.43 Å². The van der Waals surface area contributed by atoms with Gasteiger partial charge in [0, 0.05) is 0 Å². The van der Waals surface area contributed by atoms with Crippen molar-refractivity contribution in [1.82, 2.24) is 10.2 Å². The summed E-state index contributed by atoms with van der Waals surface area (Å²) in [6.45, 7) is -2.57. The predicted octanol–water partition coefficient (Wildman–Crippen LogP) is -1.03. The van der Waals surface area contributed by atoms with Crippen molar-refractivity contribution >= 4 is 18.4 Å². The van der Waals surface area contributed by atoms with Crippen molar-refractivity contribution in [3.05, 3.63) is 0 Å². The van der Waals surface area contributed by atoms with Gasteiger partial charge in [0.25, 0.3) is 6.64 Å². The summed E-state index contributed by atoms with van der Waals surface area (Å²) in [5, 5.41) is 0. The van der Waals surface area contributed by atoms with E-state index >= 15 is 0 Å². The molecule has 0 aromatic carbocycles. The van der Waals surface area contributed by atoms with E-state index in [1.165, 1.54) is 4.78 Å². The molecule has 1 atom stereocenters. The van der Waals surface area contributed by atoms with Crippen LogP contribution in [0, 0.1) is 0 Å². The molecule has 1 unspecified atom stereocenters. The number of nitrogens with zero attached hydrogens (tertiary/aromatic N) is 1. The first kappa shape index (κ1) is 5.62. The largest absolute Gasteiger partial charge is 0.333 e. The lowest BCUT2D eigenvalue weighted by molar-refractivity contribution is 0.430. The van der Waals surface area contributed by atoms with E-state index in [9.17, 15) is 0 Å². The minimum absolute atomic E-state index is 0.504. The van der Waals surface area contributed by atoms with Crippen molar-refractivity contribution < 1.29 is 9.79 Å². The van der Waals surface area contributed by atoms with Crippen LogP contribution in [0.5, 0.6) is 0 Å². The van der Waals surface area contributed by atoms with E-state index in [0.29, 0.717) is 6.67 Å². The molecule has 1 aliphatic heterocycles. The van der Waals surface area contributed by atoms with Gasteiger partial charge in [0.05, 0.1) is 6.67 Å².